The molecule has 0 aromatic heterocycles. The van der Waals surface area contributed by atoms with Gasteiger partial charge in [-0.05, 0) is 64.5 Å². The zero-order valence-corrected chi connectivity index (χ0v) is 19.0. The number of hydrogen-bond donors (Lipinski definition) is 3. The van der Waals surface area contributed by atoms with E-state index in [2.05, 4.69) is 22.0 Å². The fourth-order valence-corrected chi connectivity index (χ4v) is 5.89. The van der Waals surface area contributed by atoms with Gasteiger partial charge in [0.1, 0.15) is 5.54 Å². The second-order valence-corrected chi connectivity index (χ2v) is 9.67. The van der Waals surface area contributed by atoms with Crippen LogP contribution in [0.15, 0.2) is 0 Å². The average Bonchev–Trinajstić information content (AvgIpc) is 2.78. The molecule has 3 aliphatic rings. The number of hydrogen-bond acceptors (Lipinski definition) is 5. The number of amides is 2. The number of rotatable bonds is 8. The smallest absolute Gasteiger partial charge is 0.308 e. The van der Waals surface area contributed by atoms with Crippen LogP contribution in [0.4, 0.5) is 0 Å². The van der Waals surface area contributed by atoms with Crippen molar-refractivity contribution in [3.8, 4) is 0 Å². The highest BCUT2D eigenvalue weighted by Crippen LogP contribution is 2.36. The lowest BCUT2D eigenvalue weighted by atomic mass is 9.77. The standard InChI is InChI=1S/C23H40N4O4/c1-2-3-7-20(28)25-17-8-9-19(18(16-17)21(29)30)26-14-10-23(11-15-26,22(24)31)27-12-5-4-6-13-27/h17-19H,2-16H2,1H3,(H2,24,31)(H,25,28)(H,29,30). The number of carboxylic acid groups (broad SMARTS) is 1. The monoisotopic (exact) mass is 436 g/mol. The Hall–Kier alpha value is -1.67. The molecular weight excluding hydrogens is 396 g/mol. The maximum Gasteiger partial charge on any atom is 0.308 e. The number of carboxylic acids is 1. The highest BCUT2D eigenvalue weighted by atomic mass is 16.4. The number of carbonyl (C=O) groups excluding carboxylic acids is 2. The van der Waals surface area contributed by atoms with Crippen LogP contribution < -0.4 is 11.1 Å². The SMILES string of the molecule is CCCCC(=O)NC1CCC(N2CCC(C(N)=O)(N3CCCCC3)CC2)C(C(=O)O)C1. The second kappa shape index (κ2) is 10.8. The average molecular weight is 437 g/mol. The van der Waals surface area contributed by atoms with E-state index >= 15 is 0 Å². The van der Waals surface area contributed by atoms with Crippen LogP contribution in [0.25, 0.3) is 0 Å². The number of unbranched alkanes of at least 4 members (excludes halogenated alkanes) is 1. The van der Waals surface area contributed by atoms with Crippen molar-refractivity contribution in [3.05, 3.63) is 0 Å². The summed E-state index contributed by atoms with van der Waals surface area (Å²) < 4.78 is 0. The maximum atomic E-state index is 12.5. The van der Waals surface area contributed by atoms with Gasteiger partial charge in [-0.25, -0.2) is 0 Å². The maximum absolute atomic E-state index is 12.5. The summed E-state index contributed by atoms with van der Waals surface area (Å²) in [5, 5.41) is 13.0. The third-order valence-electron chi connectivity index (χ3n) is 7.77. The highest BCUT2D eigenvalue weighted by molar-refractivity contribution is 5.85. The first kappa shape index (κ1) is 24.0. The Morgan fingerprint density at radius 2 is 1.74 bits per heavy atom. The first-order valence-electron chi connectivity index (χ1n) is 12.2. The minimum Gasteiger partial charge on any atom is -0.481 e. The topological polar surface area (TPSA) is 116 Å². The molecule has 3 fully saturated rings. The predicted octanol–water partition coefficient (Wildman–Crippen LogP) is 1.72. The summed E-state index contributed by atoms with van der Waals surface area (Å²) in [6.45, 7) is 5.28. The van der Waals surface area contributed by atoms with E-state index in [9.17, 15) is 19.5 Å². The van der Waals surface area contributed by atoms with E-state index in [1.807, 2.05) is 0 Å². The molecule has 8 heteroatoms. The second-order valence-electron chi connectivity index (χ2n) is 9.67. The minimum atomic E-state index is -0.791. The van der Waals surface area contributed by atoms with Crippen molar-refractivity contribution < 1.29 is 19.5 Å². The van der Waals surface area contributed by atoms with E-state index in [1.165, 1.54) is 6.42 Å². The molecule has 1 aliphatic carbocycles. The summed E-state index contributed by atoms with van der Waals surface area (Å²) in [7, 11) is 0. The van der Waals surface area contributed by atoms with Gasteiger partial charge in [0, 0.05) is 31.6 Å². The molecule has 4 N–H and O–H groups in total. The molecule has 0 bridgehead atoms. The summed E-state index contributed by atoms with van der Waals surface area (Å²) >= 11 is 0. The van der Waals surface area contributed by atoms with Crippen molar-refractivity contribution in [1.29, 1.82) is 0 Å². The van der Waals surface area contributed by atoms with Crippen molar-refractivity contribution >= 4 is 17.8 Å². The van der Waals surface area contributed by atoms with Gasteiger partial charge in [0.25, 0.3) is 0 Å². The lowest BCUT2D eigenvalue weighted by Gasteiger charge is -2.51. The van der Waals surface area contributed by atoms with E-state index in [1.54, 1.807) is 0 Å². The van der Waals surface area contributed by atoms with Gasteiger partial charge >= 0.3 is 5.97 Å². The number of nitrogens with zero attached hydrogens (tertiary/aromatic N) is 2. The Balaban J connectivity index is 1.60. The van der Waals surface area contributed by atoms with Gasteiger partial charge < -0.3 is 16.2 Å². The first-order chi connectivity index (χ1) is 14.9. The molecule has 1 saturated carbocycles. The number of aliphatic carboxylic acids is 1. The molecule has 2 saturated heterocycles. The number of primary amides is 1. The highest BCUT2D eigenvalue weighted by Gasteiger charge is 2.48. The summed E-state index contributed by atoms with van der Waals surface area (Å²) in [5.74, 6) is -1.50. The Morgan fingerprint density at radius 1 is 1.06 bits per heavy atom. The van der Waals surface area contributed by atoms with E-state index < -0.39 is 17.4 Å². The Bertz CT molecular complexity index is 641. The van der Waals surface area contributed by atoms with Crippen molar-refractivity contribution in [3.63, 3.8) is 0 Å². The van der Waals surface area contributed by atoms with Gasteiger partial charge in [0.2, 0.25) is 11.8 Å². The molecule has 0 aromatic rings. The van der Waals surface area contributed by atoms with Gasteiger partial charge in [0.05, 0.1) is 5.92 Å². The number of nitrogens with one attached hydrogen (secondary N) is 1. The van der Waals surface area contributed by atoms with Crippen molar-refractivity contribution in [2.45, 2.75) is 95.2 Å². The van der Waals surface area contributed by atoms with E-state index in [-0.39, 0.29) is 23.9 Å². The van der Waals surface area contributed by atoms with Gasteiger partial charge in [-0.2, -0.15) is 0 Å². The normalized spacial score (nSPS) is 29.9. The Morgan fingerprint density at radius 3 is 2.32 bits per heavy atom. The Labute approximate surface area is 185 Å². The van der Waals surface area contributed by atoms with Gasteiger partial charge in [-0.3, -0.25) is 24.2 Å². The molecule has 0 aromatic carbocycles. The number of nitrogens with two attached hydrogens (primary N) is 1. The molecule has 0 radical (unpaired) electrons. The van der Waals surface area contributed by atoms with Crippen LogP contribution >= 0.6 is 0 Å². The van der Waals surface area contributed by atoms with Crippen LogP contribution in [-0.2, 0) is 14.4 Å². The minimum absolute atomic E-state index is 0.0279. The molecule has 3 atom stereocenters. The van der Waals surface area contributed by atoms with E-state index in [0.29, 0.717) is 38.8 Å². The molecule has 8 nitrogen and oxygen atoms in total. The number of piperidine rings is 2. The van der Waals surface area contributed by atoms with E-state index in [4.69, 9.17) is 5.73 Å². The third-order valence-corrected chi connectivity index (χ3v) is 7.77. The first-order valence-corrected chi connectivity index (χ1v) is 12.2. The lowest BCUT2D eigenvalue weighted by molar-refractivity contribution is -0.148. The van der Waals surface area contributed by atoms with Gasteiger partial charge in [-0.1, -0.05) is 19.8 Å². The van der Waals surface area contributed by atoms with Gasteiger partial charge in [0.15, 0.2) is 0 Å². The quantitative estimate of drug-likeness (QED) is 0.534. The zero-order valence-electron chi connectivity index (χ0n) is 19.0. The Kier molecular flexibility index (Phi) is 8.33. The van der Waals surface area contributed by atoms with Crippen LogP contribution in [0.2, 0.25) is 0 Å². The summed E-state index contributed by atoms with van der Waals surface area (Å²) in [5.41, 5.74) is 5.31. The molecule has 0 spiro atoms. The molecule has 2 heterocycles. The third kappa shape index (κ3) is 5.58. The largest absolute Gasteiger partial charge is 0.481 e. The summed E-state index contributed by atoms with van der Waals surface area (Å²) in [6.07, 6.45) is 9.11. The van der Waals surface area contributed by atoms with Crippen LogP contribution in [0, 0.1) is 5.92 Å². The van der Waals surface area contributed by atoms with Crippen LogP contribution in [0.3, 0.4) is 0 Å². The molecular formula is C23H40N4O4. The van der Waals surface area contributed by atoms with Gasteiger partial charge in [-0.15, -0.1) is 0 Å². The van der Waals surface area contributed by atoms with Crippen molar-refractivity contribution in [1.82, 2.24) is 15.1 Å². The molecule has 2 amide bonds. The van der Waals surface area contributed by atoms with Crippen LogP contribution in [0.5, 0.6) is 0 Å². The molecule has 176 valence electrons. The summed E-state index contributed by atoms with van der Waals surface area (Å²) in [4.78, 5) is 41.2. The zero-order chi connectivity index (χ0) is 22.4. The number of carbonyl (C=O) groups is 3. The van der Waals surface area contributed by atoms with E-state index in [0.717, 1.165) is 51.6 Å². The summed E-state index contributed by atoms with van der Waals surface area (Å²) in [6, 6.07) is -0.113. The number of likely N-dealkylation sites (tertiary alicyclic amines) is 2. The van der Waals surface area contributed by atoms with Crippen molar-refractivity contribution in [2.24, 2.45) is 11.7 Å². The fraction of sp³-hybridized carbons (Fsp3) is 0.870. The predicted molar refractivity (Wildman–Crippen MR) is 118 cm³/mol. The molecule has 31 heavy (non-hydrogen) atoms. The molecule has 3 unspecified atom stereocenters. The molecule has 2 aliphatic heterocycles. The van der Waals surface area contributed by atoms with Crippen molar-refractivity contribution in [2.75, 3.05) is 26.2 Å². The van der Waals surface area contributed by atoms with Crippen LogP contribution in [0.1, 0.15) is 77.6 Å². The lowest BCUT2D eigenvalue weighted by Crippen LogP contribution is -2.65. The fourth-order valence-electron chi connectivity index (χ4n) is 5.89. The van der Waals surface area contributed by atoms with Crippen LogP contribution in [-0.4, -0.2) is 76.5 Å². The molecule has 3 rings (SSSR count).